The largest absolute Gasteiger partial charge is 0.484 e. The van der Waals surface area contributed by atoms with Gasteiger partial charge in [0, 0.05) is 19.0 Å². The number of carbonyl (C=O) groups excluding carboxylic acids is 2. The van der Waals surface area contributed by atoms with Gasteiger partial charge in [-0.05, 0) is 43.0 Å². The van der Waals surface area contributed by atoms with Crippen LogP contribution in [0.2, 0.25) is 0 Å². The zero-order chi connectivity index (χ0) is 25.2. The zero-order valence-electron chi connectivity index (χ0n) is 21.1. The standard InChI is InChI=1S/C31H36N2O3/c1-24-12-11-15-26(20-24)22-33(30(34)23-36-28-18-9-4-10-19-28)29(21-25-13-5-2-6-14-25)31(35)32-27-16-7-3-8-17-27/h2,4-6,9-15,18-20,27,29H,3,7-8,16-17,21-23H2,1H3,(H,32,35)/t29-/m1/s1. The molecule has 0 aliphatic heterocycles. The van der Waals surface area contributed by atoms with Gasteiger partial charge in [0.05, 0.1) is 0 Å². The van der Waals surface area contributed by atoms with Crippen molar-refractivity contribution in [2.24, 2.45) is 0 Å². The smallest absolute Gasteiger partial charge is 0.261 e. The van der Waals surface area contributed by atoms with Crippen LogP contribution in [0.25, 0.3) is 0 Å². The van der Waals surface area contributed by atoms with Crippen molar-refractivity contribution in [2.45, 2.75) is 64.1 Å². The Morgan fingerprint density at radius 1 is 0.889 bits per heavy atom. The average Bonchev–Trinajstić information content (AvgIpc) is 2.91. The summed E-state index contributed by atoms with van der Waals surface area (Å²) in [5.74, 6) is 0.333. The van der Waals surface area contributed by atoms with Crippen molar-refractivity contribution in [1.82, 2.24) is 10.2 Å². The minimum Gasteiger partial charge on any atom is -0.484 e. The second-order valence-electron chi connectivity index (χ2n) is 9.66. The summed E-state index contributed by atoms with van der Waals surface area (Å²) in [4.78, 5) is 29.1. The molecule has 5 nitrogen and oxygen atoms in total. The predicted octanol–water partition coefficient (Wildman–Crippen LogP) is 5.46. The maximum atomic E-state index is 13.7. The Bertz CT molecular complexity index is 1110. The highest BCUT2D eigenvalue weighted by Gasteiger charge is 2.32. The molecule has 188 valence electrons. The van der Waals surface area contributed by atoms with E-state index in [0.29, 0.717) is 18.7 Å². The summed E-state index contributed by atoms with van der Waals surface area (Å²) in [5.41, 5.74) is 3.13. The normalized spacial score (nSPS) is 14.6. The predicted molar refractivity (Wildman–Crippen MR) is 143 cm³/mol. The molecule has 1 aliphatic rings. The number of hydrogen-bond donors (Lipinski definition) is 1. The number of rotatable bonds is 10. The molecule has 3 aromatic carbocycles. The molecule has 36 heavy (non-hydrogen) atoms. The molecule has 0 bridgehead atoms. The van der Waals surface area contributed by atoms with E-state index in [1.807, 2.05) is 85.8 Å². The lowest BCUT2D eigenvalue weighted by atomic mass is 9.94. The maximum Gasteiger partial charge on any atom is 0.261 e. The van der Waals surface area contributed by atoms with Crippen molar-refractivity contribution in [3.63, 3.8) is 0 Å². The number of nitrogens with zero attached hydrogens (tertiary/aromatic N) is 1. The van der Waals surface area contributed by atoms with E-state index in [1.54, 1.807) is 4.90 Å². The van der Waals surface area contributed by atoms with Crippen molar-refractivity contribution in [2.75, 3.05) is 6.61 Å². The first-order valence-corrected chi connectivity index (χ1v) is 13.0. The van der Waals surface area contributed by atoms with Gasteiger partial charge in [-0.25, -0.2) is 0 Å². The molecule has 4 rings (SSSR count). The van der Waals surface area contributed by atoms with Crippen LogP contribution in [0.4, 0.5) is 0 Å². The number of para-hydroxylation sites is 1. The minimum absolute atomic E-state index is 0.0912. The van der Waals surface area contributed by atoms with Gasteiger partial charge in [-0.1, -0.05) is 97.6 Å². The van der Waals surface area contributed by atoms with Crippen molar-refractivity contribution >= 4 is 11.8 Å². The van der Waals surface area contributed by atoms with Crippen molar-refractivity contribution in [3.05, 3.63) is 102 Å². The van der Waals surface area contributed by atoms with E-state index in [1.165, 1.54) is 6.42 Å². The fourth-order valence-electron chi connectivity index (χ4n) is 4.85. The number of nitrogens with one attached hydrogen (secondary N) is 1. The van der Waals surface area contributed by atoms with Gasteiger partial charge in [-0.15, -0.1) is 0 Å². The van der Waals surface area contributed by atoms with Crippen LogP contribution in [0.5, 0.6) is 5.75 Å². The highest BCUT2D eigenvalue weighted by atomic mass is 16.5. The first kappa shape index (κ1) is 25.5. The van der Waals surface area contributed by atoms with Gasteiger partial charge in [-0.3, -0.25) is 9.59 Å². The van der Waals surface area contributed by atoms with Crippen LogP contribution in [-0.4, -0.2) is 35.4 Å². The van der Waals surface area contributed by atoms with Crippen LogP contribution in [0.1, 0.15) is 48.8 Å². The lowest BCUT2D eigenvalue weighted by Crippen LogP contribution is -2.53. The zero-order valence-corrected chi connectivity index (χ0v) is 21.1. The lowest BCUT2D eigenvalue weighted by molar-refractivity contribution is -0.143. The van der Waals surface area contributed by atoms with E-state index in [2.05, 4.69) is 11.4 Å². The molecule has 0 unspecified atom stereocenters. The molecule has 0 aromatic heterocycles. The Morgan fingerprint density at radius 3 is 2.25 bits per heavy atom. The van der Waals surface area contributed by atoms with Gasteiger partial charge in [0.1, 0.15) is 11.8 Å². The molecular weight excluding hydrogens is 448 g/mol. The van der Waals surface area contributed by atoms with E-state index in [9.17, 15) is 9.59 Å². The first-order valence-electron chi connectivity index (χ1n) is 13.0. The molecule has 1 atom stereocenters. The third kappa shape index (κ3) is 7.45. The second-order valence-corrected chi connectivity index (χ2v) is 9.66. The number of carbonyl (C=O) groups is 2. The third-order valence-electron chi connectivity index (χ3n) is 6.76. The van der Waals surface area contributed by atoms with Crippen LogP contribution in [0.3, 0.4) is 0 Å². The summed E-state index contributed by atoms with van der Waals surface area (Å²) in [6.07, 6.45) is 5.91. The second kappa shape index (κ2) is 12.9. The minimum atomic E-state index is -0.637. The van der Waals surface area contributed by atoms with Crippen molar-refractivity contribution < 1.29 is 14.3 Å². The van der Waals surface area contributed by atoms with Gasteiger partial charge in [0.2, 0.25) is 5.91 Å². The molecule has 1 fully saturated rings. The molecule has 5 heteroatoms. The highest BCUT2D eigenvalue weighted by molar-refractivity contribution is 5.88. The van der Waals surface area contributed by atoms with Crippen LogP contribution in [0.15, 0.2) is 84.9 Å². The number of hydrogen-bond acceptors (Lipinski definition) is 3. The summed E-state index contributed by atoms with van der Waals surface area (Å²) in [7, 11) is 0. The van der Waals surface area contributed by atoms with Crippen molar-refractivity contribution in [1.29, 1.82) is 0 Å². The molecule has 1 N–H and O–H groups in total. The van der Waals surface area contributed by atoms with Crippen molar-refractivity contribution in [3.8, 4) is 5.75 Å². The Balaban J connectivity index is 1.60. The Morgan fingerprint density at radius 2 is 1.56 bits per heavy atom. The maximum absolute atomic E-state index is 13.7. The third-order valence-corrected chi connectivity index (χ3v) is 6.76. The molecule has 0 radical (unpaired) electrons. The lowest BCUT2D eigenvalue weighted by Gasteiger charge is -2.33. The molecule has 0 saturated heterocycles. The van der Waals surface area contributed by atoms with E-state index in [0.717, 1.165) is 42.4 Å². The van der Waals surface area contributed by atoms with E-state index < -0.39 is 6.04 Å². The van der Waals surface area contributed by atoms with Crippen LogP contribution >= 0.6 is 0 Å². The summed E-state index contributed by atoms with van der Waals surface area (Å²) in [6, 6.07) is 26.9. The molecular formula is C31H36N2O3. The summed E-state index contributed by atoms with van der Waals surface area (Å²) in [5, 5.41) is 3.27. The van der Waals surface area contributed by atoms with Gasteiger partial charge >= 0.3 is 0 Å². The van der Waals surface area contributed by atoms with Gasteiger partial charge in [0.25, 0.3) is 5.91 Å². The van der Waals surface area contributed by atoms with E-state index in [-0.39, 0.29) is 24.5 Å². The molecule has 1 saturated carbocycles. The average molecular weight is 485 g/mol. The Labute approximate surface area is 214 Å². The highest BCUT2D eigenvalue weighted by Crippen LogP contribution is 2.20. The van der Waals surface area contributed by atoms with Crippen LogP contribution in [-0.2, 0) is 22.6 Å². The molecule has 0 heterocycles. The fraction of sp³-hybridized carbons (Fsp3) is 0.355. The Hall–Kier alpha value is -3.60. The number of amides is 2. The fourth-order valence-corrected chi connectivity index (χ4v) is 4.85. The Kier molecular flexibility index (Phi) is 9.15. The van der Waals surface area contributed by atoms with E-state index >= 15 is 0 Å². The molecule has 3 aromatic rings. The molecule has 1 aliphatic carbocycles. The van der Waals surface area contributed by atoms with E-state index in [4.69, 9.17) is 4.74 Å². The number of benzene rings is 3. The first-order chi connectivity index (χ1) is 17.6. The number of ether oxygens (including phenoxy) is 1. The molecule has 2 amide bonds. The SMILES string of the molecule is Cc1cccc(CN(C(=O)COc2ccccc2)[C@H](Cc2ccccc2)C(=O)NC2CCCCC2)c1. The van der Waals surface area contributed by atoms with Gasteiger partial charge in [-0.2, -0.15) is 0 Å². The summed E-state index contributed by atoms with van der Waals surface area (Å²) < 4.78 is 5.82. The number of aryl methyl sites for hydroxylation is 1. The summed E-state index contributed by atoms with van der Waals surface area (Å²) in [6.45, 7) is 2.25. The van der Waals surface area contributed by atoms with Crippen LogP contribution < -0.4 is 10.1 Å². The summed E-state index contributed by atoms with van der Waals surface area (Å²) >= 11 is 0. The van der Waals surface area contributed by atoms with Gasteiger partial charge < -0.3 is 15.0 Å². The van der Waals surface area contributed by atoms with Gasteiger partial charge in [0.15, 0.2) is 6.61 Å². The van der Waals surface area contributed by atoms with Crippen LogP contribution in [0, 0.1) is 6.92 Å². The monoisotopic (exact) mass is 484 g/mol. The quantitative estimate of drug-likeness (QED) is 0.416. The molecule has 0 spiro atoms. The topological polar surface area (TPSA) is 58.6 Å².